The van der Waals surface area contributed by atoms with Crippen LogP contribution in [0.2, 0.25) is 0 Å². The minimum Gasteiger partial charge on any atom is -0.495 e. The number of benzene rings is 2. The minimum absolute atomic E-state index is 0.163. The summed E-state index contributed by atoms with van der Waals surface area (Å²) < 4.78 is 33.3. The SMILES string of the molecule is COc1ccccc1NC(=O)C(Cc1ccccc1)NS(=O)(=O)c1cccs1. The fourth-order valence-electron chi connectivity index (χ4n) is 2.67. The standard InChI is InChI=1S/C20H20N2O4S2/c1-26-18-11-6-5-10-16(18)21-20(23)17(14-15-8-3-2-4-9-15)22-28(24,25)19-12-7-13-27-19/h2-13,17,22H,14H2,1H3,(H,21,23). The van der Waals surface area contributed by atoms with Crippen LogP contribution < -0.4 is 14.8 Å². The van der Waals surface area contributed by atoms with Crippen LogP contribution in [-0.4, -0.2) is 27.5 Å². The number of ether oxygens (including phenoxy) is 1. The summed E-state index contributed by atoms with van der Waals surface area (Å²) in [5.74, 6) is 0.0314. The summed E-state index contributed by atoms with van der Waals surface area (Å²) in [6, 6.07) is 18.4. The lowest BCUT2D eigenvalue weighted by atomic mass is 10.1. The van der Waals surface area contributed by atoms with E-state index in [-0.39, 0.29) is 10.6 Å². The van der Waals surface area contributed by atoms with Crippen molar-refractivity contribution in [3.05, 3.63) is 77.7 Å². The van der Waals surface area contributed by atoms with E-state index in [1.165, 1.54) is 13.2 Å². The third-order valence-corrected chi connectivity index (χ3v) is 6.89. The van der Waals surface area contributed by atoms with Crippen LogP contribution in [0.4, 0.5) is 5.69 Å². The largest absolute Gasteiger partial charge is 0.495 e. The summed E-state index contributed by atoms with van der Waals surface area (Å²) in [6.07, 6.45) is 0.215. The summed E-state index contributed by atoms with van der Waals surface area (Å²) in [4.78, 5) is 12.9. The zero-order chi connectivity index (χ0) is 20.0. The Morgan fingerprint density at radius 1 is 1.04 bits per heavy atom. The number of methoxy groups -OCH3 is 1. The lowest BCUT2D eigenvalue weighted by Crippen LogP contribution is -2.45. The zero-order valence-corrected chi connectivity index (χ0v) is 16.8. The molecule has 1 aromatic heterocycles. The Labute approximate surface area is 168 Å². The Kier molecular flexibility index (Phi) is 6.45. The Bertz CT molecular complexity index is 1020. The third kappa shape index (κ3) is 4.98. The molecule has 6 nitrogen and oxygen atoms in total. The molecule has 1 amide bonds. The molecule has 0 saturated heterocycles. The second kappa shape index (κ2) is 9.01. The lowest BCUT2D eigenvalue weighted by molar-refractivity contribution is -0.117. The highest BCUT2D eigenvalue weighted by molar-refractivity contribution is 7.91. The molecule has 1 atom stereocenters. The van der Waals surface area contributed by atoms with Gasteiger partial charge in [0.2, 0.25) is 5.91 Å². The van der Waals surface area contributed by atoms with Crippen molar-refractivity contribution >= 4 is 33.0 Å². The van der Waals surface area contributed by atoms with Crippen LogP contribution >= 0.6 is 11.3 Å². The van der Waals surface area contributed by atoms with Gasteiger partial charge in [-0.2, -0.15) is 4.72 Å². The van der Waals surface area contributed by atoms with Crippen LogP contribution in [0.3, 0.4) is 0 Å². The number of amides is 1. The van der Waals surface area contributed by atoms with Crippen molar-refractivity contribution in [1.82, 2.24) is 4.72 Å². The predicted molar refractivity (Wildman–Crippen MR) is 110 cm³/mol. The van der Waals surface area contributed by atoms with Crippen LogP contribution in [0.5, 0.6) is 5.75 Å². The molecule has 0 radical (unpaired) electrons. The highest BCUT2D eigenvalue weighted by Crippen LogP contribution is 2.24. The second-order valence-corrected chi connectivity index (χ2v) is 8.87. The van der Waals surface area contributed by atoms with Gasteiger partial charge in [0.15, 0.2) is 0 Å². The first kappa shape index (κ1) is 20.1. The van der Waals surface area contributed by atoms with E-state index in [2.05, 4.69) is 10.0 Å². The minimum atomic E-state index is -3.81. The molecule has 0 aliphatic carbocycles. The number of rotatable bonds is 8. The van der Waals surface area contributed by atoms with Gasteiger partial charge in [-0.15, -0.1) is 11.3 Å². The normalized spacial score (nSPS) is 12.3. The van der Waals surface area contributed by atoms with E-state index < -0.39 is 22.0 Å². The molecule has 146 valence electrons. The number of anilines is 1. The van der Waals surface area contributed by atoms with Gasteiger partial charge in [-0.25, -0.2) is 8.42 Å². The van der Waals surface area contributed by atoms with Crippen molar-refractivity contribution in [2.75, 3.05) is 12.4 Å². The Hall–Kier alpha value is -2.68. The van der Waals surface area contributed by atoms with E-state index in [4.69, 9.17) is 4.74 Å². The predicted octanol–water partition coefficient (Wildman–Crippen LogP) is 3.29. The molecule has 28 heavy (non-hydrogen) atoms. The van der Waals surface area contributed by atoms with Crippen LogP contribution in [-0.2, 0) is 21.2 Å². The molecule has 0 bridgehead atoms. The van der Waals surface area contributed by atoms with Gasteiger partial charge in [-0.05, 0) is 35.6 Å². The fraction of sp³-hybridized carbons (Fsp3) is 0.150. The topological polar surface area (TPSA) is 84.5 Å². The second-order valence-electron chi connectivity index (χ2n) is 5.99. The molecule has 0 saturated carbocycles. The lowest BCUT2D eigenvalue weighted by Gasteiger charge is -2.19. The summed E-state index contributed by atoms with van der Waals surface area (Å²) in [7, 11) is -2.31. The Morgan fingerprint density at radius 3 is 2.43 bits per heavy atom. The number of nitrogens with one attached hydrogen (secondary N) is 2. The highest BCUT2D eigenvalue weighted by Gasteiger charge is 2.27. The van der Waals surface area contributed by atoms with Crippen molar-refractivity contribution in [2.24, 2.45) is 0 Å². The molecule has 0 spiro atoms. The summed E-state index contributed by atoms with van der Waals surface area (Å²) in [5.41, 5.74) is 1.32. The zero-order valence-electron chi connectivity index (χ0n) is 15.2. The number of thiophene rings is 1. The molecule has 3 aromatic rings. The number of para-hydroxylation sites is 2. The molecule has 8 heteroatoms. The highest BCUT2D eigenvalue weighted by atomic mass is 32.2. The molecular formula is C20H20N2O4S2. The molecule has 0 aliphatic rings. The van der Waals surface area contributed by atoms with Crippen LogP contribution in [0.1, 0.15) is 5.56 Å². The maximum Gasteiger partial charge on any atom is 0.250 e. The number of hydrogen-bond donors (Lipinski definition) is 2. The van der Waals surface area contributed by atoms with Gasteiger partial charge in [0.05, 0.1) is 12.8 Å². The van der Waals surface area contributed by atoms with Crippen molar-refractivity contribution in [3.8, 4) is 5.75 Å². The van der Waals surface area contributed by atoms with Gasteiger partial charge in [0, 0.05) is 0 Å². The maximum atomic E-state index is 12.9. The van der Waals surface area contributed by atoms with Crippen LogP contribution in [0, 0.1) is 0 Å². The van der Waals surface area contributed by atoms with E-state index in [9.17, 15) is 13.2 Å². The average molecular weight is 417 g/mol. The van der Waals surface area contributed by atoms with Gasteiger partial charge in [0.1, 0.15) is 16.0 Å². The fourth-order valence-corrected chi connectivity index (χ4v) is 4.87. The summed E-state index contributed by atoms with van der Waals surface area (Å²) in [6.45, 7) is 0. The number of sulfonamides is 1. The van der Waals surface area contributed by atoms with Crippen molar-refractivity contribution in [1.29, 1.82) is 0 Å². The Balaban J connectivity index is 1.86. The van der Waals surface area contributed by atoms with Gasteiger partial charge >= 0.3 is 0 Å². The molecule has 0 aliphatic heterocycles. The molecule has 1 heterocycles. The molecule has 2 aromatic carbocycles. The first-order chi connectivity index (χ1) is 13.5. The molecule has 0 fully saturated rings. The first-order valence-corrected chi connectivity index (χ1v) is 10.9. The molecular weight excluding hydrogens is 396 g/mol. The van der Waals surface area contributed by atoms with Crippen molar-refractivity contribution in [2.45, 2.75) is 16.7 Å². The third-order valence-electron chi connectivity index (χ3n) is 4.02. The van der Waals surface area contributed by atoms with Crippen molar-refractivity contribution < 1.29 is 17.9 Å². The summed E-state index contributed by atoms with van der Waals surface area (Å²) in [5, 5.41) is 4.44. The smallest absolute Gasteiger partial charge is 0.250 e. The average Bonchev–Trinajstić information content (AvgIpc) is 3.24. The maximum absolute atomic E-state index is 12.9. The number of carbonyl (C=O) groups excluding carboxylic acids is 1. The van der Waals surface area contributed by atoms with Crippen molar-refractivity contribution in [3.63, 3.8) is 0 Å². The van der Waals surface area contributed by atoms with Gasteiger partial charge in [-0.3, -0.25) is 4.79 Å². The number of hydrogen-bond acceptors (Lipinski definition) is 5. The molecule has 3 rings (SSSR count). The Morgan fingerprint density at radius 2 is 1.75 bits per heavy atom. The van der Waals surface area contributed by atoms with E-state index in [1.54, 1.807) is 35.7 Å². The first-order valence-electron chi connectivity index (χ1n) is 8.53. The summed E-state index contributed by atoms with van der Waals surface area (Å²) >= 11 is 1.10. The molecule has 2 N–H and O–H groups in total. The van der Waals surface area contributed by atoms with E-state index in [1.807, 2.05) is 30.3 Å². The monoisotopic (exact) mass is 416 g/mol. The van der Waals surface area contributed by atoms with Gasteiger partial charge in [0.25, 0.3) is 10.0 Å². The quantitative estimate of drug-likeness (QED) is 0.590. The van der Waals surface area contributed by atoms with E-state index in [0.29, 0.717) is 11.4 Å². The molecule has 1 unspecified atom stereocenters. The van der Waals surface area contributed by atoms with Crippen LogP contribution in [0.15, 0.2) is 76.3 Å². The van der Waals surface area contributed by atoms with E-state index in [0.717, 1.165) is 16.9 Å². The van der Waals surface area contributed by atoms with E-state index >= 15 is 0 Å². The van der Waals surface area contributed by atoms with Gasteiger partial charge in [-0.1, -0.05) is 48.5 Å². The number of carbonyl (C=O) groups is 1. The van der Waals surface area contributed by atoms with Crippen LogP contribution in [0.25, 0.3) is 0 Å². The van der Waals surface area contributed by atoms with Gasteiger partial charge < -0.3 is 10.1 Å².